The fraction of sp³-hybridized carbons (Fsp3) is 0.400. The molecule has 1 aromatic carbocycles. The molecular formula is C15H19N5O2S. The topological polar surface area (TPSA) is 86.3 Å². The van der Waals surface area contributed by atoms with Crippen molar-refractivity contribution in [3.8, 4) is 5.75 Å². The van der Waals surface area contributed by atoms with Crippen LogP contribution >= 0.6 is 11.8 Å². The number of para-hydroxylation sites is 2. The minimum Gasteiger partial charge on any atom is -0.490 e. The normalized spacial score (nSPS) is 13.6. The highest BCUT2D eigenvalue weighted by Crippen LogP contribution is 2.31. The van der Waals surface area contributed by atoms with Gasteiger partial charge in [-0.25, -0.2) is 0 Å². The van der Waals surface area contributed by atoms with Gasteiger partial charge in [-0.2, -0.15) is 0 Å². The fourth-order valence-electron chi connectivity index (χ4n) is 2.45. The van der Waals surface area contributed by atoms with E-state index in [4.69, 9.17) is 10.5 Å². The van der Waals surface area contributed by atoms with Crippen molar-refractivity contribution in [2.24, 2.45) is 12.8 Å². The minimum atomic E-state index is 0.0362. The van der Waals surface area contributed by atoms with Crippen LogP contribution in [0, 0.1) is 0 Å². The Labute approximate surface area is 138 Å². The number of benzene rings is 1. The van der Waals surface area contributed by atoms with E-state index in [1.54, 1.807) is 4.90 Å². The zero-order chi connectivity index (χ0) is 16.2. The molecule has 0 radical (unpaired) electrons. The Balaban J connectivity index is 1.67. The molecule has 0 spiro atoms. The summed E-state index contributed by atoms with van der Waals surface area (Å²) in [5.41, 5.74) is 6.37. The van der Waals surface area contributed by atoms with Gasteiger partial charge >= 0.3 is 0 Å². The van der Waals surface area contributed by atoms with Gasteiger partial charge in [-0.15, -0.1) is 10.2 Å². The summed E-state index contributed by atoms with van der Waals surface area (Å²) >= 11 is 1.39. The molecule has 0 saturated carbocycles. The number of nitrogens with two attached hydrogens (primary N) is 1. The van der Waals surface area contributed by atoms with E-state index in [1.807, 2.05) is 35.9 Å². The quantitative estimate of drug-likeness (QED) is 0.816. The lowest BCUT2D eigenvalue weighted by molar-refractivity contribution is -0.116. The standard InChI is InChI=1S/C15H19N5O2S/c1-19-13(6-7-16)17-18-15(19)23-10-14(21)20-8-9-22-12-5-3-2-4-11(12)20/h2-5H,6-10,16H2,1H3. The second-order valence-corrected chi connectivity index (χ2v) is 6.09. The van der Waals surface area contributed by atoms with Crippen molar-refractivity contribution < 1.29 is 9.53 Å². The highest BCUT2D eigenvalue weighted by Gasteiger charge is 2.23. The highest BCUT2D eigenvalue weighted by molar-refractivity contribution is 7.99. The van der Waals surface area contributed by atoms with Crippen molar-refractivity contribution in [2.75, 3.05) is 30.3 Å². The molecule has 1 aromatic heterocycles. The van der Waals surface area contributed by atoms with Gasteiger partial charge in [0, 0.05) is 13.5 Å². The number of carbonyl (C=O) groups is 1. The van der Waals surface area contributed by atoms with Crippen molar-refractivity contribution in [3.05, 3.63) is 30.1 Å². The van der Waals surface area contributed by atoms with Gasteiger partial charge in [-0.05, 0) is 18.7 Å². The van der Waals surface area contributed by atoms with Crippen LogP contribution in [0.1, 0.15) is 5.82 Å². The molecule has 0 unspecified atom stereocenters. The van der Waals surface area contributed by atoms with Crippen LogP contribution in [-0.2, 0) is 18.3 Å². The van der Waals surface area contributed by atoms with E-state index >= 15 is 0 Å². The average molecular weight is 333 g/mol. The van der Waals surface area contributed by atoms with Crippen molar-refractivity contribution in [1.82, 2.24) is 14.8 Å². The summed E-state index contributed by atoms with van der Waals surface area (Å²) in [7, 11) is 1.89. The Bertz CT molecular complexity index is 703. The Morgan fingerprint density at radius 2 is 2.22 bits per heavy atom. The fourth-order valence-corrected chi connectivity index (χ4v) is 3.26. The number of fused-ring (bicyclic) bond motifs is 1. The van der Waals surface area contributed by atoms with E-state index in [2.05, 4.69) is 10.2 Å². The first-order chi connectivity index (χ1) is 11.2. The van der Waals surface area contributed by atoms with E-state index < -0.39 is 0 Å². The smallest absolute Gasteiger partial charge is 0.237 e. The van der Waals surface area contributed by atoms with Crippen LogP contribution in [-0.4, -0.2) is 46.1 Å². The van der Waals surface area contributed by atoms with E-state index in [9.17, 15) is 4.79 Å². The number of anilines is 1. The molecule has 2 aromatic rings. The molecule has 23 heavy (non-hydrogen) atoms. The monoisotopic (exact) mass is 333 g/mol. The Hall–Kier alpha value is -2.06. The van der Waals surface area contributed by atoms with Crippen LogP contribution < -0.4 is 15.4 Å². The Morgan fingerprint density at radius 3 is 3.04 bits per heavy atom. The molecule has 8 heteroatoms. The number of amides is 1. The van der Waals surface area contributed by atoms with Gasteiger partial charge in [0.15, 0.2) is 5.16 Å². The van der Waals surface area contributed by atoms with E-state index in [0.29, 0.717) is 31.9 Å². The maximum absolute atomic E-state index is 12.6. The number of ether oxygens (including phenoxy) is 1. The third-order valence-corrected chi connectivity index (χ3v) is 4.65. The number of rotatable bonds is 5. The van der Waals surface area contributed by atoms with Crippen LogP contribution in [0.4, 0.5) is 5.69 Å². The number of carbonyl (C=O) groups excluding carboxylic acids is 1. The molecular weight excluding hydrogens is 314 g/mol. The molecule has 0 aliphatic carbocycles. The summed E-state index contributed by atoms with van der Waals surface area (Å²) < 4.78 is 7.46. The van der Waals surface area contributed by atoms with Gasteiger partial charge in [0.1, 0.15) is 18.2 Å². The summed E-state index contributed by atoms with van der Waals surface area (Å²) in [6, 6.07) is 7.59. The molecule has 122 valence electrons. The molecule has 0 bridgehead atoms. The molecule has 7 nitrogen and oxygen atoms in total. The summed E-state index contributed by atoms with van der Waals surface area (Å²) in [5.74, 6) is 1.93. The predicted octanol–water partition coefficient (Wildman–Crippen LogP) is 0.834. The highest BCUT2D eigenvalue weighted by atomic mass is 32.2. The van der Waals surface area contributed by atoms with Crippen LogP contribution in [0.5, 0.6) is 5.75 Å². The molecule has 1 amide bonds. The number of aromatic nitrogens is 3. The number of nitrogens with zero attached hydrogens (tertiary/aromatic N) is 4. The molecule has 0 saturated heterocycles. The first-order valence-electron chi connectivity index (χ1n) is 7.44. The van der Waals surface area contributed by atoms with Gasteiger partial charge in [0.25, 0.3) is 0 Å². The molecule has 2 N–H and O–H groups in total. The van der Waals surface area contributed by atoms with Gasteiger partial charge in [0.05, 0.1) is 18.0 Å². The molecule has 0 fully saturated rings. The first-order valence-corrected chi connectivity index (χ1v) is 8.42. The molecule has 1 aliphatic rings. The molecule has 1 aliphatic heterocycles. The maximum Gasteiger partial charge on any atom is 0.237 e. The third-order valence-electron chi connectivity index (χ3n) is 3.65. The Morgan fingerprint density at radius 1 is 1.39 bits per heavy atom. The van der Waals surface area contributed by atoms with E-state index in [0.717, 1.165) is 22.4 Å². The predicted molar refractivity (Wildman–Crippen MR) is 88.8 cm³/mol. The lowest BCUT2D eigenvalue weighted by Gasteiger charge is -2.29. The average Bonchev–Trinajstić information content (AvgIpc) is 2.93. The zero-order valence-electron chi connectivity index (χ0n) is 12.9. The molecule has 3 rings (SSSR count). The summed E-state index contributed by atoms with van der Waals surface area (Å²) in [6.07, 6.45) is 0.675. The van der Waals surface area contributed by atoms with E-state index in [-0.39, 0.29) is 5.91 Å². The summed E-state index contributed by atoms with van der Waals surface area (Å²) in [6.45, 7) is 1.60. The van der Waals surface area contributed by atoms with Crippen LogP contribution in [0.2, 0.25) is 0 Å². The van der Waals surface area contributed by atoms with Gasteiger partial charge in [0.2, 0.25) is 5.91 Å². The summed E-state index contributed by atoms with van der Waals surface area (Å²) in [5, 5.41) is 8.95. The largest absolute Gasteiger partial charge is 0.490 e. The lowest BCUT2D eigenvalue weighted by atomic mass is 10.2. The van der Waals surface area contributed by atoms with Crippen LogP contribution in [0.25, 0.3) is 0 Å². The SMILES string of the molecule is Cn1c(CCN)nnc1SCC(=O)N1CCOc2ccccc21. The third kappa shape index (κ3) is 3.32. The number of hydrogen-bond acceptors (Lipinski definition) is 6. The van der Waals surface area contributed by atoms with Crippen molar-refractivity contribution in [1.29, 1.82) is 0 Å². The van der Waals surface area contributed by atoms with Gasteiger partial charge in [-0.1, -0.05) is 23.9 Å². The van der Waals surface area contributed by atoms with Gasteiger partial charge in [-0.3, -0.25) is 4.79 Å². The zero-order valence-corrected chi connectivity index (χ0v) is 13.8. The second kappa shape index (κ2) is 7.01. The maximum atomic E-state index is 12.6. The van der Waals surface area contributed by atoms with Crippen LogP contribution in [0.3, 0.4) is 0 Å². The van der Waals surface area contributed by atoms with Crippen LogP contribution in [0.15, 0.2) is 29.4 Å². The first kappa shape index (κ1) is 15.8. The minimum absolute atomic E-state index is 0.0362. The second-order valence-electron chi connectivity index (χ2n) is 5.15. The Kier molecular flexibility index (Phi) is 4.82. The molecule has 0 atom stereocenters. The number of thioether (sulfide) groups is 1. The van der Waals surface area contributed by atoms with Crippen molar-refractivity contribution in [3.63, 3.8) is 0 Å². The molecule has 2 heterocycles. The van der Waals surface area contributed by atoms with Crippen molar-refractivity contribution >= 4 is 23.4 Å². The number of hydrogen-bond donors (Lipinski definition) is 1. The summed E-state index contributed by atoms with van der Waals surface area (Å²) in [4.78, 5) is 14.3. The van der Waals surface area contributed by atoms with Gasteiger partial charge < -0.3 is 19.9 Å². The van der Waals surface area contributed by atoms with Crippen molar-refractivity contribution in [2.45, 2.75) is 11.6 Å². The van der Waals surface area contributed by atoms with E-state index in [1.165, 1.54) is 11.8 Å². The lowest BCUT2D eigenvalue weighted by Crippen LogP contribution is -2.39.